The smallest absolute Gasteiger partial charge is 0.355 e. The molecule has 100 valence electrons. The molecule has 1 amide bonds. The van der Waals surface area contributed by atoms with Crippen molar-refractivity contribution in [2.45, 2.75) is 13.3 Å². The monoisotopic (exact) mass is 280 g/mol. The zero-order valence-corrected chi connectivity index (χ0v) is 11.0. The molecule has 0 spiro atoms. The molecular formula is C12H12N2O4S. The maximum atomic E-state index is 11.6. The average Bonchev–Trinajstić information content (AvgIpc) is 2.98. The molecule has 6 nitrogen and oxygen atoms in total. The highest BCUT2D eigenvalue weighted by atomic mass is 32.1. The van der Waals surface area contributed by atoms with Crippen LogP contribution in [0.2, 0.25) is 0 Å². The minimum absolute atomic E-state index is 0.0352. The minimum Gasteiger partial charge on any atom is -0.476 e. The molecule has 0 aliphatic rings. The van der Waals surface area contributed by atoms with Crippen molar-refractivity contribution in [2.75, 3.05) is 6.54 Å². The van der Waals surface area contributed by atoms with Crippen LogP contribution in [-0.2, 0) is 6.42 Å². The quantitative estimate of drug-likeness (QED) is 0.869. The molecule has 7 heteroatoms. The molecule has 2 heterocycles. The highest BCUT2D eigenvalue weighted by molar-refractivity contribution is 7.09. The van der Waals surface area contributed by atoms with Crippen LogP contribution in [0.3, 0.4) is 0 Å². The van der Waals surface area contributed by atoms with Gasteiger partial charge in [-0.15, -0.1) is 11.3 Å². The summed E-state index contributed by atoms with van der Waals surface area (Å²) < 4.78 is 5.18. The molecule has 0 unspecified atom stereocenters. The highest BCUT2D eigenvalue weighted by Crippen LogP contribution is 2.10. The first-order valence-electron chi connectivity index (χ1n) is 5.58. The van der Waals surface area contributed by atoms with Crippen LogP contribution in [0.25, 0.3) is 0 Å². The van der Waals surface area contributed by atoms with Crippen LogP contribution >= 0.6 is 11.3 Å². The number of rotatable bonds is 5. The summed E-state index contributed by atoms with van der Waals surface area (Å²) in [5.41, 5.74) is 0.0352. The minimum atomic E-state index is -1.04. The summed E-state index contributed by atoms with van der Waals surface area (Å²) in [5, 5.41) is 13.6. The van der Waals surface area contributed by atoms with Gasteiger partial charge in [0.15, 0.2) is 11.5 Å². The van der Waals surface area contributed by atoms with Crippen molar-refractivity contribution in [1.82, 2.24) is 10.3 Å². The highest BCUT2D eigenvalue weighted by Gasteiger charge is 2.11. The van der Waals surface area contributed by atoms with E-state index < -0.39 is 5.97 Å². The second-order valence-corrected chi connectivity index (χ2v) is 4.79. The lowest BCUT2D eigenvalue weighted by molar-refractivity contribution is 0.0690. The van der Waals surface area contributed by atoms with Crippen LogP contribution in [0.1, 0.15) is 31.8 Å². The van der Waals surface area contributed by atoms with Gasteiger partial charge in [-0.2, -0.15) is 0 Å². The number of hydrogen-bond donors (Lipinski definition) is 2. The number of aromatic nitrogens is 1. The Kier molecular flexibility index (Phi) is 3.96. The topological polar surface area (TPSA) is 92.4 Å². The molecule has 0 radical (unpaired) electrons. The summed E-state index contributed by atoms with van der Waals surface area (Å²) in [5.74, 6) is -0.389. The van der Waals surface area contributed by atoms with Crippen LogP contribution in [0.5, 0.6) is 0 Å². The third-order valence-electron chi connectivity index (χ3n) is 2.36. The Morgan fingerprint density at radius 2 is 2.26 bits per heavy atom. The van der Waals surface area contributed by atoms with Crippen molar-refractivity contribution in [3.05, 3.63) is 39.7 Å². The van der Waals surface area contributed by atoms with Gasteiger partial charge in [0.25, 0.3) is 5.91 Å². The fourth-order valence-corrected chi connectivity index (χ4v) is 2.22. The van der Waals surface area contributed by atoms with Crippen molar-refractivity contribution < 1.29 is 19.1 Å². The Morgan fingerprint density at radius 1 is 1.47 bits per heavy atom. The van der Waals surface area contributed by atoms with E-state index in [9.17, 15) is 9.59 Å². The molecule has 19 heavy (non-hydrogen) atoms. The zero-order valence-electron chi connectivity index (χ0n) is 10.2. The molecule has 0 aliphatic carbocycles. The predicted molar refractivity (Wildman–Crippen MR) is 68.6 cm³/mol. The Hall–Kier alpha value is -2.15. The van der Waals surface area contributed by atoms with Gasteiger partial charge in [-0.3, -0.25) is 4.79 Å². The molecule has 2 N–H and O–H groups in total. The number of carbonyl (C=O) groups excluding carboxylic acids is 1. The molecule has 0 fully saturated rings. The largest absolute Gasteiger partial charge is 0.476 e. The SMILES string of the molecule is Cc1ccc(C(=O)NCCc2nc(C(=O)O)cs2)o1. The standard InChI is InChI=1S/C12H12N2O4S/c1-7-2-3-9(18-7)11(15)13-5-4-10-14-8(6-19-10)12(16)17/h2-3,6H,4-5H2,1H3,(H,13,15)(H,16,17). The Bertz CT molecular complexity index is 602. The maximum Gasteiger partial charge on any atom is 0.355 e. The fourth-order valence-electron chi connectivity index (χ4n) is 1.45. The van der Waals surface area contributed by atoms with E-state index in [4.69, 9.17) is 9.52 Å². The summed E-state index contributed by atoms with van der Waals surface area (Å²) in [6.45, 7) is 2.14. The second kappa shape index (κ2) is 5.66. The molecule has 2 rings (SSSR count). The molecular weight excluding hydrogens is 268 g/mol. The third kappa shape index (κ3) is 3.41. The molecule has 0 saturated heterocycles. The van der Waals surface area contributed by atoms with Crippen molar-refractivity contribution >= 4 is 23.2 Å². The first kappa shape index (κ1) is 13.3. The Morgan fingerprint density at radius 3 is 2.84 bits per heavy atom. The first-order valence-corrected chi connectivity index (χ1v) is 6.46. The number of nitrogens with zero attached hydrogens (tertiary/aromatic N) is 1. The maximum absolute atomic E-state index is 11.6. The summed E-state index contributed by atoms with van der Waals surface area (Å²) in [6, 6.07) is 3.32. The molecule has 2 aromatic heterocycles. The second-order valence-electron chi connectivity index (χ2n) is 3.85. The van der Waals surface area contributed by atoms with Crippen molar-refractivity contribution in [3.63, 3.8) is 0 Å². The van der Waals surface area contributed by atoms with E-state index in [0.717, 1.165) is 0 Å². The van der Waals surface area contributed by atoms with E-state index in [1.54, 1.807) is 19.1 Å². The fraction of sp³-hybridized carbons (Fsp3) is 0.250. The van der Waals surface area contributed by atoms with Gasteiger partial charge in [-0.25, -0.2) is 9.78 Å². The summed E-state index contributed by atoms with van der Waals surface area (Å²) in [7, 11) is 0. The lowest BCUT2D eigenvalue weighted by Crippen LogP contribution is -2.25. The molecule has 0 saturated carbocycles. The number of aryl methyl sites for hydroxylation is 1. The van der Waals surface area contributed by atoms with Gasteiger partial charge < -0.3 is 14.8 Å². The zero-order chi connectivity index (χ0) is 13.8. The van der Waals surface area contributed by atoms with E-state index in [-0.39, 0.29) is 17.4 Å². The van der Waals surface area contributed by atoms with Crippen molar-refractivity contribution in [2.24, 2.45) is 0 Å². The normalized spacial score (nSPS) is 10.4. The number of nitrogens with one attached hydrogen (secondary N) is 1. The van der Waals surface area contributed by atoms with Crippen molar-refractivity contribution in [1.29, 1.82) is 0 Å². The number of hydrogen-bond acceptors (Lipinski definition) is 5. The summed E-state index contributed by atoms with van der Waals surface area (Å²) >= 11 is 1.26. The van der Waals surface area contributed by atoms with E-state index in [1.807, 2.05) is 0 Å². The number of amides is 1. The number of furan rings is 1. The molecule has 0 bridgehead atoms. The Labute approximate surface area is 113 Å². The Balaban J connectivity index is 1.83. The summed E-state index contributed by atoms with van der Waals surface area (Å²) in [6.07, 6.45) is 0.489. The van der Waals surface area contributed by atoms with Gasteiger partial charge >= 0.3 is 5.97 Å². The number of carboxylic acids is 1. The number of carboxylic acid groups (broad SMARTS) is 1. The average molecular weight is 280 g/mol. The van der Waals surface area contributed by atoms with E-state index in [1.165, 1.54) is 16.7 Å². The number of thiazole rings is 1. The molecule has 0 atom stereocenters. The predicted octanol–water partition coefficient (Wildman–Crippen LogP) is 1.72. The van der Waals surface area contributed by atoms with Crippen LogP contribution < -0.4 is 5.32 Å². The van der Waals surface area contributed by atoms with Crippen LogP contribution in [-0.4, -0.2) is 28.5 Å². The van der Waals surface area contributed by atoms with E-state index >= 15 is 0 Å². The van der Waals surface area contributed by atoms with Gasteiger partial charge in [-0.05, 0) is 19.1 Å². The first-order chi connectivity index (χ1) is 9.06. The van der Waals surface area contributed by atoms with E-state index in [0.29, 0.717) is 23.7 Å². The molecule has 2 aromatic rings. The van der Waals surface area contributed by atoms with Crippen molar-refractivity contribution in [3.8, 4) is 0 Å². The van der Waals surface area contributed by atoms with Gasteiger partial charge in [0.05, 0.1) is 5.01 Å². The summed E-state index contributed by atoms with van der Waals surface area (Å²) in [4.78, 5) is 26.2. The third-order valence-corrected chi connectivity index (χ3v) is 3.27. The van der Waals surface area contributed by atoms with Crippen LogP contribution in [0.4, 0.5) is 0 Å². The molecule has 0 aliphatic heterocycles. The van der Waals surface area contributed by atoms with Gasteiger partial charge in [-0.1, -0.05) is 0 Å². The van der Waals surface area contributed by atoms with Gasteiger partial charge in [0.1, 0.15) is 5.76 Å². The van der Waals surface area contributed by atoms with Crippen LogP contribution in [0.15, 0.2) is 21.9 Å². The van der Waals surface area contributed by atoms with Crippen LogP contribution in [0, 0.1) is 6.92 Å². The lowest BCUT2D eigenvalue weighted by Gasteiger charge is -2.00. The van der Waals surface area contributed by atoms with Gasteiger partial charge in [0.2, 0.25) is 0 Å². The number of aromatic carboxylic acids is 1. The lowest BCUT2D eigenvalue weighted by atomic mass is 10.4. The number of carbonyl (C=O) groups is 2. The molecule has 0 aromatic carbocycles. The van der Waals surface area contributed by atoms with E-state index in [2.05, 4.69) is 10.3 Å². The van der Waals surface area contributed by atoms with Gasteiger partial charge in [0, 0.05) is 18.3 Å².